The Labute approximate surface area is 131 Å². The molecule has 51 valence electrons. The van der Waals surface area contributed by atoms with Crippen LogP contribution in [-0.2, 0) is 134 Å². The van der Waals surface area contributed by atoms with E-state index in [2.05, 4.69) is 0 Å². The average Bonchev–Trinajstić information content (AvgIpc) is 0. The van der Waals surface area contributed by atoms with E-state index in [1.165, 1.54) is 0 Å². The SMILES string of the molecule is [Co].[Cu].[Fe].[Ni].[Ti].[V].[Zr]. The van der Waals surface area contributed by atoms with Gasteiger partial charge in [0.25, 0.3) is 0 Å². The molecule has 0 fully saturated rings. The predicted molar refractivity (Wildman–Crippen MR) is 0 cm³/mol. The van der Waals surface area contributed by atoms with Gasteiger partial charge in [-0.25, -0.2) is 0 Å². The monoisotopic (exact) mass is 425 g/mol. The second kappa shape index (κ2) is 48.8. The molecular formula is CoCuFeNiTiVZr. The van der Waals surface area contributed by atoms with E-state index in [4.69, 9.17) is 0 Å². The molecule has 0 aromatic carbocycles. The Morgan fingerprint density at radius 2 is 1.00 bits per heavy atom. The largest absolute Gasteiger partial charge is 0 e. The smallest absolute Gasteiger partial charge is 0 e. The van der Waals surface area contributed by atoms with Gasteiger partial charge >= 0.3 is 0 Å². The number of rotatable bonds is 0. The third kappa shape index (κ3) is 38.8. The van der Waals surface area contributed by atoms with E-state index in [0.29, 0.717) is 0 Å². The van der Waals surface area contributed by atoms with Crippen molar-refractivity contribution in [3.05, 3.63) is 0 Å². The fourth-order valence-electron chi connectivity index (χ4n) is 0. The Balaban J connectivity index is 0. The fourth-order valence-corrected chi connectivity index (χ4v) is 0. The number of hydrogen-bond acceptors (Lipinski definition) is 0. The summed E-state index contributed by atoms with van der Waals surface area (Å²) >= 11 is 0. The molecule has 0 spiro atoms. The first-order valence-corrected chi connectivity index (χ1v) is 0. The maximum atomic E-state index is 0. The van der Waals surface area contributed by atoms with Gasteiger partial charge in [-0.1, -0.05) is 0 Å². The van der Waals surface area contributed by atoms with E-state index in [-0.39, 0.29) is 134 Å². The Bertz CT molecular complexity index is 19.7. The third-order valence-corrected chi connectivity index (χ3v) is 0. The maximum absolute atomic E-state index is 0. The summed E-state index contributed by atoms with van der Waals surface area (Å²) in [5.41, 5.74) is 0. The Morgan fingerprint density at radius 3 is 1.00 bits per heavy atom. The standard InChI is InChI=1S/Co.Cu.Fe.Ni.Ti.V.Zr. The molecular weight excluding hydrogens is 427 g/mol. The van der Waals surface area contributed by atoms with Crippen LogP contribution in [0.5, 0.6) is 0 Å². The van der Waals surface area contributed by atoms with Gasteiger partial charge in [-0.2, -0.15) is 0 Å². The van der Waals surface area contributed by atoms with Crippen molar-refractivity contribution < 1.29 is 134 Å². The van der Waals surface area contributed by atoms with E-state index < -0.39 is 0 Å². The van der Waals surface area contributed by atoms with E-state index in [1.54, 1.807) is 0 Å². The normalized spacial score (nSPS) is 0. The molecule has 0 N–H and O–H groups in total. The summed E-state index contributed by atoms with van der Waals surface area (Å²) in [5, 5.41) is 0. The second-order valence-corrected chi connectivity index (χ2v) is 0. The first kappa shape index (κ1) is 65.8. The van der Waals surface area contributed by atoms with Gasteiger partial charge in [-0.15, -0.1) is 0 Å². The van der Waals surface area contributed by atoms with E-state index in [0.717, 1.165) is 0 Å². The van der Waals surface area contributed by atoms with Crippen LogP contribution in [0.15, 0.2) is 0 Å². The van der Waals surface area contributed by atoms with Gasteiger partial charge in [0.05, 0.1) is 0 Å². The fraction of sp³-hybridized carbons (Fsp3) is 0. The molecule has 0 nitrogen and oxygen atoms in total. The molecule has 0 aromatic rings. The summed E-state index contributed by atoms with van der Waals surface area (Å²) in [7, 11) is 0. The van der Waals surface area contributed by atoms with Gasteiger partial charge in [0.15, 0.2) is 0 Å². The van der Waals surface area contributed by atoms with Gasteiger partial charge < -0.3 is 0 Å². The van der Waals surface area contributed by atoms with Crippen molar-refractivity contribution in [3.8, 4) is 0 Å². The zero-order chi connectivity index (χ0) is 0. The van der Waals surface area contributed by atoms with Crippen molar-refractivity contribution in [1.82, 2.24) is 0 Å². The first-order valence-electron chi connectivity index (χ1n) is 0. The van der Waals surface area contributed by atoms with Gasteiger partial charge in [0.2, 0.25) is 0 Å². The van der Waals surface area contributed by atoms with Crippen LogP contribution in [0.2, 0.25) is 0 Å². The Kier molecular flexibility index (Phi) is 459. The third-order valence-electron chi connectivity index (χ3n) is 0. The molecule has 0 unspecified atom stereocenters. The average molecular weight is 427 g/mol. The molecule has 0 aliphatic heterocycles. The topological polar surface area (TPSA) is 0 Å². The summed E-state index contributed by atoms with van der Waals surface area (Å²) in [4.78, 5) is 0. The summed E-state index contributed by atoms with van der Waals surface area (Å²) in [6, 6.07) is 0. The van der Waals surface area contributed by atoms with E-state index in [9.17, 15) is 0 Å². The molecule has 0 heterocycles. The van der Waals surface area contributed by atoms with Gasteiger partial charge in [-0.3, -0.25) is 0 Å². The molecule has 0 aliphatic rings. The first-order chi connectivity index (χ1) is 0. The van der Waals surface area contributed by atoms with Crippen LogP contribution in [-0.4, -0.2) is 0 Å². The molecule has 0 saturated heterocycles. The molecule has 0 atom stereocenters. The number of hydrogen-bond donors (Lipinski definition) is 0. The van der Waals surface area contributed by atoms with Crippen molar-refractivity contribution in [3.63, 3.8) is 0 Å². The predicted octanol–water partition coefficient (Wildman–Crippen LogP) is -0.0175. The van der Waals surface area contributed by atoms with Crippen LogP contribution in [0.4, 0.5) is 0 Å². The molecule has 0 saturated carbocycles. The van der Waals surface area contributed by atoms with E-state index in [1.807, 2.05) is 0 Å². The minimum absolute atomic E-state index is 0. The van der Waals surface area contributed by atoms with Crippen molar-refractivity contribution in [2.75, 3.05) is 0 Å². The molecule has 3 radical (unpaired) electrons. The summed E-state index contributed by atoms with van der Waals surface area (Å²) < 4.78 is 0. The molecule has 0 rings (SSSR count). The quantitative estimate of drug-likeness (QED) is 0.478. The van der Waals surface area contributed by atoms with Crippen molar-refractivity contribution >= 4 is 0 Å². The molecule has 0 aliphatic carbocycles. The van der Waals surface area contributed by atoms with Crippen LogP contribution in [0.1, 0.15) is 0 Å². The minimum atomic E-state index is 0. The van der Waals surface area contributed by atoms with Gasteiger partial charge in [0, 0.05) is 134 Å². The van der Waals surface area contributed by atoms with Crippen molar-refractivity contribution in [2.24, 2.45) is 0 Å². The Morgan fingerprint density at radius 1 is 1.00 bits per heavy atom. The minimum Gasteiger partial charge on any atom is 0 e. The van der Waals surface area contributed by atoms with Crippen molar-refractivity contribution in [1.29, 1.82) is 0 Å². The van der Waals surface area contributed by atoms with Crippen LogP contribution in [0.3, 0.4) is 0 Å². The van der Waals surface area contributed by atoms with Crippen LogP contribution < -0.4 is 0 Å². The van der Waals surface area contributed by atoms with Crippen LogP contribution in [0.25, 0.3) is 0 Å². The zero-order valence-corrected chi connectivity index (χ0v) is 12.2. The molecule has 7 heteroatoms. The summed E-state index contributed by atoms with van der Waals surface area (Å²) in [5.74, 6) is 0. The van der Waals surface area contributed by atoms with Crippen LogP contribution in [0, 0.1) is 0 Å². The Hall–Kier alpha value is 4.22. The zero-order valence-electron chi connectivity index (χ0n) is 2.75. The van der Waals surface area contributed by atoms with Gasteiger partial charge in [0.1, 0.15) is 0 Å². The molecule has 0 aromatic heterocycles. The molecule has 7 heavy (non-hydrogen) atoms. The second-order valence-electron chi connectivity index (χ2n) is 0. The summed E-state index contributed by atoms with van der Waals surface area (Å²) in [6.45, 7) is 0. The molecule has 0 bridgehead atoms. The molecule has 0 amide bonds. The van der Waals surface area contributed by atoms with Gasteiger partial charge in [-0.05, 0) is 0 Å². The maximum Gasteiger partial charge on any atom is 0 e. The summed E-state index contributed by atoms with van der Waals surface area (Å²) in [6.07, 6.45) is 0. The van der Waals surface area contributed by atoms with Crippen LogP contribution >= 0.6 is 0 Å². The van der Waals surface area contributed by atoms with E-state index >= 15 is 0 Å². The van der Waals surface area contributed by atoms with Crippen molar-refractivity contribution in [2.45, 2.75) is 0 Å².